The van der Waals surface area contributed by atoms with Crippen molar-refractivity contribution in [3.05, 3.63) is 69.8 Å². The van der Waals surface area contributed by atoms with Crippen molar-refractivity contribution in [2.45, 2.75) is 25.8 Å². The number of urea groups is 1. The largest absolute Gasteiger partial charge is 0.349 e. The lowest BCUT2D eigenvalue weighted by molar-refractivity contribution is -0.385. The average molecular weight is 382 g/mol. The van der Waals surface area contributed by atoms with Crippen molar-refractivity contribution in [3.8, 4) is 0 Å². The first kappa shape index (κ1) is 19.3. The number of rotatable bonds is 4. The first-order valence-corrected chi connectivity index (χ1v) is 9.11. The molecule has 1 fully saturated rings. The molecule has 2 aromatic carbocycles. The molecule has 0 bridgehead atoms. The Morgan fingerprint density at radius 1 is 1.07 bits per heavy atom. The standard InChI is InChI=1S/C20H22N4O4/c1-14-6-5-9-17(18(14)24(27)28)19(25)21-16-10-12-23(13-11-16)20(26)22-15-7-3-2-4-8-15/h2-9,16H,10-13H2,1H3,(H,21,25)(H,22,26). The van der Waals surface area contributed by atoms with Crippen LogP contribution in [0.2, 0.25) is 0 Å². The quantitative estimate of drug-likeness (QED) is 0.625. The van der Waals surface area contributed by atoms with E-state index in [4.69, 9.17) is 0 Å². The number of nitro benzene ring substituents is 1. The number of hydrogen-bond donors (Lipinski definition) is 2. The maximum Gasteiger partial charge on any atom is 0.321 e. The minimum absolute atomic E-state index is 0.0641. The second-order valence-electron chi connectivity index (χ2n) is 6.76. The lowest BCUT2D eigenvalue weighted by Gasteiger charge is -2.32. The smallest absolute Gasteiger partial charge is 0.321 e. The van der Waals surface area contributed by atoms with E-state index in [0.717, 1.165) is 5.69 Å². The van der Waals surface area contributed by atoms with Gasteiger partial charge in [0.25, 0.3) is 11.6 Å². The van der Waals surface area contributed by atoms with Gasteiger partial charge in [-0.1, -0.05) is 30.3 Å². The van der Waals surface area contributed by atoms with Gasteiger partial charge in [0.1, 0.15) is 5.56 Å². The van der Waals surface area contributed by atoms with Gasteiger partial charge < -0.3 is 15.5 Å². The van der Waals surface area contributed by atoms with Crippen molar-refractivity contribution >= 4 is 23.3 Å². The monoisotopic (exact) mass is 382 g/mol. The number of aryl methyl sites for hydroxylation is 1. The number of nitrogens with one attached hydrogen (secondary N) is 2. The molecule has 3 rings (SSSR count). The molecule has 0 unspecified atom stereocenters. The topological polar surface area (TPSA) is 105 Å². The third-order valence-electron chi connectivity index (χ3n) is 4.81. The number of amides is 3. The molecule has 3 amide bonds. The summed E-state index contributed by atoms with van der Waals surface area (Å²) in [6.07, 6.45) is 1.18. The third-order valence-corrected chi connectivity index (χ3v) is 4.81. The highest BCUT2D eigenvalue weighted by Gasteiger charge is 2.27. The van der Waals surface area contributed by atoms with Crippen molar-refractivity contribution in [3.63, 3.8) is 0 Å². The minimum Gasteiger partial charge on any atom is -0.349 e. The number of nitrogens with zero attached hydrogens (tertiary/aromatic N) is 2. The van der Waals surface area contributed by atoms with Crippen LogP contribution in [0.1, 0.15) is 28.8 Å². The molecular formula is C20H22N4O4. The van der Waals surface area contributed by atoms with Crippen LogP contribution in [0.5, 0.6) is 0 Å². The summed E-state index contributed by atoms with van der Waals surface area (Å²) in [5, 5.41) is 17.0. The van der Waals surface area contributed by atoms with E-state index in [9.17, 15) is 19.7 Å². The summed E-state index contributed by atoms with van der Waals surface area (Å²) in [5.74, 6) is -0.456. The third kappa shape index (κ3) is 4.46. The highest BCUT2D eigenvalue weighted by atomic mass is 16.6. The number of likely N-dealkylation sites (tertiary alicyclic amines) is 1. The van der Waals surface area contributed by atoms with Gasteiger partial charge in [0, 0.05) is 30.4 Å². The van der Waals surface area contributed by atoms with E-state index in [1.54, 1.807) is 24.0 Å². The fourth-order valence-electron chi connectivity index (χ4n) is 3.30. The maximum absolute atomic E-state index is 12.5. The second kappa shape index (κ2) is 8.51. The van der Waals surface area contributed by atoms with Crippen LogP contribution in [-0.2, 0) is 0 Å². The van der Waals surface area contributed by atoms with Crippen molar-refractivity contribution in [1.29, 1.82) is 0 Å². The molecule has 0 aliphatic carbocycles. The van der Waals surface area contributed by atoms with Crippen LogP contribution in [-0.4, -0.2) is 40.9 Å². The van der Waals surface area contributed by atoms with Crippen LogP contribution in [0.3, 0.4) is 0 Å². The van der Waals surface area contributed by atoms with Crippen LogP contribution in [0, 0.1) is 17.0 Å². The SMILES string of the molecule is Cc1cccc(C(=O)NC2CCN(C(=O)Nc3ccccc3)CC2)c1[N+](=O)[O-]. The molecule has 2 N–H and O–H groups in total. The molecule has 1 aliphatic rings. The molecule has 0 aromatic heterocycles. The molecule has 8 nitrogen and oxygen atoms in total. The lowest BCUT2D eigenvalue weighted by atomic mass is 10.0. The predicted molar refractivity (Wildman–Crippen MR) is 105 cm³/mol. The van der Waals surface area contributed by atoms with Gasteiger partial charge in [-0.2, -0.15) is 0 Å². The first-order chi connectivity index (χ1) is 13.5. The summed E-state index contributed by atoms with van der Waals surface area (Å²) >= 11 is 0. The van der Waals surface area contributed by atoms with E-state index in [0.29, 0.717) is 31.5 Å². The zero-order valence-electron chi connectivity index (χ0n) is 15.6. The minimum atomic E-state index is -0.527. The molecule has 28 heavy (non-hydrogen) atoms. The molecule has 0 spiro atoms. The van der Waals surface area contributed by atoms with Crippen molar-refractivity contribution < 1.29 is 14.5 Å². The maximum atomic E-state index is 12.5. The fourth-order valence-corrected chi connectivity index (χ4v) is 3.30. The zero-order valence-corrected chi connectivity index (χ0v) is 15.6. The van der Waals surface area contributed by atoms with Gasteiger partial charge in [0.15, 0.2) is 0 Å². The Labute approximate surface area is 162 Å². The molecule has 146 valence electrons. The lowest BCUT2D eigenvalue weighted by Crippen LogP contribution is -2.47. The highest BCUT2D eigenvalue weighted by Crippen LogP contribution is 2.23. The summed E-state index contributed by atoms with van der Waals surface area (Å²) in [4.78, 5) is 37.3. The Kier molecular flexibility index (Phi) is 5.88. The molecule has 1 aliphatic heterocycles. The van der Waals surface area contributed by atoms with E-state index in [1.807, 2.05) is 30.3 Å². The van der Waals surface area contributed by atoms with Crippen LogP contribution in [0.15, 0.2) is 48.5 Å². The van der Waals surface area contributed by atoms with Crippen molar-refractivity contribution in [2.75, 3.05) is 18.4 Å². The van der Waals surface area contributed by atoms with Gasteiger partial charge in [-0.25, -0.2) is 4.79 Å². The van der Waals surface area contributed by atoms with Crippen LogP contribution in [0.25, 0.3) is 0 Å². The van der Waals surface area contributed by atoms with Crippen molar-refractivity contribution in [2.24, 2.45) is 0 Å². The van der Waals surface area contributed by atoms with E-state index < -0.39 is 10.8 Å². The number of carbonyl (C=O) groups is 2. The summed E-state index contributed by atoms with van der Waals surface area (Å²) < 4.78 is 0. The Morgan fingerprint density at radius 3 is 2.39 bits per heavy atom. The predicted octanol–water partition coefficient (Wildman–Crippen LogP) is 3.33. The van der Waals surface area contributed by atoms with Crippen molar-refractivity contribution in [1.82, 2.24) is 10.2 Å². The molecule has 1 saturated heterocycles. The van der Waals surface area contributed by atoms with Gasteiger partial charge in [0.05, 0.1) is 4.92 Å². The Morgan fingerprint density at radius 2 is 1.75 bits per heavy atom. The molecule has 1 heterocycles. The Balaban J connectivity index is 1.56. The van der Waals surface area contributed by atoms with Crippen LogP contribution in [0.4, 0.5) is 16.2 Å². The number of benzene rings is 2. The molecule has 0 saturated carbocycles. The van der Waals surface area contributed by atoms with E-state index in [-0.39, 0.29) is 23.3 Å². The summed E-state index contributed by atoms with van der Waals surface area (Å²) in [5.41, 5.74) is 1.08. The van der Waals surface area contributed by atoms with E-state index in [1.165, 1.54) is 6.07 Å². The highest BCUT2D eigenvalue weighted by molar-refractivity contribution is 5.98. The summed E-state index contributed by atoms with van der Waals surface area (Å²) in [7, 11) is 0. The zero-order chi connectivity index (χ0) is 20.1. The fraction of sp³-hybridized carbons (Fsp3) is 0.300. The Hall–Kier alpha value is -3.42. The van der Waals surface area contributed by atoms with E-state index in [2.05, 4.69) is 10.6 Å². The van der Waals surface area contributed by atoms with Crippen LogP contribution >= 0.6 is 0 Å². The van der Waals surface area contributed by atoms with Gasteiger partial charge in [-0.3, -0.25) is 14.9 Å². The average Bonchev–Trinajstić information content (AvgIpc) is 2.68. The van der Waals surface area contributed by atoms with Gasteiger partial charge in [-0.15, -0.1) is 0 Å². The van der Waals surface area contributed by atoms with Gasteiger partial charge in [0.2, 0.25) is 0 Å². The number of hydrogen-bond acceptors (Lipinski definition) is 4. The summed E-state index contributed by atoms with van der Waals surface area (Å²) in [6, 6.07) is 13.6. The molecule has 2 aromatic rings. The number of anilines is 1. The van der Waals surface area contributed by atoms with Crippen LogP contribution < -0.4 is 10.6 Å². The van der Waals surface area contributed by atoms with Gasteiger partial charge >= 0.3 is 6.03 Å². The number of piperidine rings is 1. The molecule has 8 heteroatoms. The summed E-state index contributed by atoms with van der Waals surface area (Å²) in [6.45, 7) is 2.61. The van der Waals surface area contributed by atoms with E-state index >= 15 is 0 Å². The Bertz CT molecular complexity index is 877. The number of nitro groups is 1. The number of para-hydroxylation sites is 2. The van der Waals surface area contributed by atoms with Gasteiger partial charge in [-0.05, 0) is 38.0 Å². The number of carbonyl (C=O) groups excluding carboxylic acids is 2. The first-order valence-electron chi connectivity index (χ1n) is 9.11. The molecule has 0 radical (unpaired) electrons. The normalized spacial score (nSPS) is 14.4. The molecule has 0 atom stereocenters. The second-order valence-corrected chi connectivity index (χ2v) is 6.76. The molecular weight excluding hydrogens is 360 g/mol.